The average Bonchev–Trinajstić information content (AvgIpc) is 2.26. The average molecular weight is 195 g/mol. The number of hydrogen-bond donors (Lipinski definition) is 1. The summed E-state index contributed by atoms with van der Waals surface area (Å²) in [6.45, 7) is -0.577. The fourth-order valence-corrected chi connectivity index (χ4v) is 0.976. The third-order valence-corrected chi connectivity index (χ3v) is 1.69. The van der Waals surface area contributed by atoms with Crippen LogP contribution in [0.5, 0.6) is 0 Å². The van der Waals surface area contributed by atoms with Crippen LogP contribution in [0.3, 0.4) is 0 Å². The van der Waals surface area contributed by atoms with Gasteiger partial charge in [-0.3, -0.25) is 9.59 Å². The largest absolute Gasteiger partial charge is 0.349 e. The molecule has 1 aromatic carbocycles. The van der Waals surface area contributed by atoms with Gasteiger partial charge in [-0.25, -0.2) is 4.39 Å². The molecule has 0 aliphatic heterocycles. The minimum atomic E-state index is -0.585. The first-order valence-corrected chi connectivity index (χ1v) is 4.17. The fourth-order valence-electron chi connectivity index (χ4n) is 0.976. The van der Waals surface area contributed by atoms with E-state index in [0.717, 1.165) is 0 Å². The molecule has 1 aromatic rings. The third kappa shape index (κ3) is 2.65. The number of carbonyl (C=O) groups excluding carboxylic acids is 2. The van der Waals surface area contributed by atoms with Crippen LogP contribution in [-0.4, -0.2) is 25.4 Å². The van der Waals surface area contributed by atoms with E-state index in [1.807, 2.05) is 0 Å². The summed E-state index contributed by atoms with van der Waals surface area (Å²) in [5.41, 5.74) is 0.927. The molecular weight excluding hydrogens is 185 g/mol. The van der Waals surface area contributed by atoms with Crippen molar-refractivity contribution in [1.29, 1.82) is 0 Å². The van der Waals surface area contributed by atoms with Crippen molar-refractivity contribution < 1.29 is 14.0 Å². The molecule has 74 valence electrons. The van der Waals surface area contributed by atoms with E-state index in [-0.39, 0.29) is 12.5 Å². The maximum atomic E-state index is 11.7. The monoisotopic (exact) mass is 195 g/mol. The van der Waals surface area contributed by atoms with E-state index in [1.54, 1.807) is 0 Å². The first kappa shape index (κ1) is 10.4. The van der Waals surface area contributed by atoms with Crippen molar-refractivity contribution >= 4 is 12.2 Å². The zero-order chi connectivity index (χ0) is 10.4. The second-order valence-electron chi connectivity index (χ2n) is 2.68. The third-order valence-electron chi connectivity index (χ3n) is 1.69. The molecule has 0 atom stereocenters. The molecular formula is C10H10FNO2. The van der Waals surface area contributed by atoms with Gasteiger partial charge in [0.1, 0.15) is 13.0 Å². The van der Waals surface area contributed by atoms with Crippen LogP contribution in [0.4, 0.5) is 4.39 Å². The number of nitrogens with one attached hydrogen (secondary N) is 1. The van der Waals surface area contributed by atoms with Crippen LogP contribution in [0.1, 0.15) is 20.7 Å². The Morgan fingerprint density at radius 3 is 2.50 bits per heavy atom. The lowest BCUT2D eigenvalue weighted by molar-refractivity contribution is 0.0950. The number of hydrogen-bond acceptors (Lipinski definition) is 2. The summed E-state index contributed by atoms with van der Waals surface area (Å²) < 4.78 is 11.7. The van der Waals surface area contributed by atoms with Crippen molar-refractivity contribution in [2.75, 3.05) is 13.2 Å². The molecule has 0 radical (unpaired) electrons. The van der Waals surface area contributed by atoms with Gasteiger partial charge >= 0.3 is 0 Å². The van der Waals surface area contributed by atoms with Gasteiger partial charge in [0.2, 0.25) is 0 Å². The number of amides is 1. The topological polar surface area (TPSA) is 46.2 Å². The first-order chi connectivity index (χ1) is 6.77. The smallest absolute Gasteiger partial charge is 0.251 e. The van der Waals surface area contributed by atoms with Crippen molar-refractivity contribution in [3.05, 3.63) is 35.4 Å². The van der Waals surface area contributed by atoms with Gasteiger partial charge in [0.15, 0.2) is 0 Å². The minimum absolute atomic E-state index is 0.00820. The Balaban J connectivity index is 2.66. The highest BCUT2D eigenvalue weighted by Gasteiger charge is 2.03. The maximum absolute atomic E-state index is 11.7. The van der Waals surface area contributed by atoms with Gasteiger partial charge in [-0.2, -0.15) is 0 Å². The summed E-state index contributed by atoms with van der Waals surface area (Å²) in [7, 11) is 0. The molecule has 1 rings (SSSR count). The molecule has 0 saturated carbocycles. The summed E-state index contributed by atoms with van der Waals surface area (Å²) in [5, 5.41) is 2.38. The number of benzene rings is 1. The fraction of sp³-hybridized carbons (Fsp3) is 0.200. The molecule has 0 aliphatic carbocycles. The van der Waals surface area contributed by atoms with E-state index < -0.39 is 6.67 Å². The lowest BCUT2D eigenvalue weighted by Gasteiger charge is -2.01. The van der Waals surface area contributed by atoms with E-state index in [1.165, 1.54) is 24.3 Å². The summed E-state index contributed by atoms with van der Waals surface area (Å²) in [5.74, 6) is -0.333. The highest BCUT2D eigenvalue weighted by molar-refractivity contribution is 5.94. The summed E-state index contributed by atoms with van der Waals surface area (Å²) >= 11 is 0. The second-order valence-corrected chi connectivity index (χ2v) is 2.68. The number of carbonyl (C=O) groups is 2. The molecule has 0 fully saturated rings. The van der Waals surface area contributed by atoms with Gasteiger partial charge < -0.3 is 5.32 Å². The number of rotatable bonds is 4. The molecule has 0 aromatic heterocycles. The predicted octanol–water partition coefficient (Wildman–Crippen LogP) is 1.20. The second kappa shape index (κ2) is 5.11. The molecule has 0 unspecified atom stereocenters. The zero-order valence-corrected chi connectivity index (χ0v) is 7.50. The molecule has 14 heavy (non-hydrogen) atoms. The Morgan fingerprint density at radius 1 is 1.36 bits per heavy atom. The van der Waals surface area contributed by atoms with Crippen LogP contribution < -0.4 is 5.32 Å². The lowest BCUT2D eigenvalue weighted by Crippen LogP contribution is -2.25. The maximum Gasteiger partial charge on any atom is 0.251 e. The molecule has 1 N–H and O–H groups in total. The first-order valence-electron chi connectivity index (χ1n) is 4.17. The van der Waals surface area contributed by atoms with Gasteiger partial charge in [-0.05, 0) is 12.1 Å². The molecule has 0 saturated heterocycles. The molecule has 0 aliphatic rings. The standard InChI is InChI=1S/C10H10FNO2/c11-5-6-12-10(14)9-3-1-8(7-13)2-4-9/h1-4,7H,5-6H2,(H,12,14). The van der Waals surface area contributed by atoms with E-state index >= 15 is 0 Å². The van der Waals surface area contributed by atoms with Crippen LogP contribution in [0.15, 0.2) is 24.3 Å². The Hall–Kier alpha value is -1.71. The molecule has 0 heterocycles. The van der Waals surface area contributed by atoms with Crippen molar-refractivity contribution in [2.24, 2.45) is 0 Å². The van der Waals surface area contributed by atoms with E-state index in [2.05, 4.69) is 5.32 Å². The highest BCUT2D eigenvalue weighted by Crippen LogP contribution is 2.01. The van der Waals surface area contributed by atoms with E-state index in [0.29, 0.717) is 17.4 Å². The van der Waals surface area contributed by atoms with Gasteiger partial charge in [-0.15, -0.1) is 0 Å². The summed E-state index contributed by atoms with van der Waals surface area (Å²) in [6.07, 6.45) is 0.698. The van der Waals surface area contributed by atoms with Gasteiger partial charge in [-0.1, -0.05) is 12.1 Å². The molecule has 0 bridgehead atoms. The van der Waals surface area contributed by atoms with Gasteiger partial charge in [0.05, 0.1) is 0 Å². The van der Waals surface area contributed by atoms with Crippen molar-refractivity contribution in [2.45, 2.75) is 0 Å². The van der Waals surface area contributed by atoms with Crippen LogP contribution >= 0.6 is 0 Å². The van der Waals surface area contributed by atoms with Crippen molar-refractivity contribution in [3.63, 3.8) is 0 Å². The number of alkyl halides is 1. The zero-order valence-electron chi connectivity index (χ0n) is 7.50. The Kier molecular flexibility index (Phi) is 3.79. The molecule has 4 heteroatoms. The molecule has 3 nitrogen and oxygen atoms in total. The van der Waals surface area contributed by atoms with Crippen LogP contribution in [-0.2, 0) is 0 Å². The quantitative estimate of drug-likeness (QED) is 0.734. The SMILES string of the molecule is O=Cc1ccc(C(=O)NCCF)cc1. The summed E-state index contributed by atoms with van der Waals surface area (Å²) in [6, 6.07) is 6.13. The molecule has 0 spiro atoms. The van der Waals surface area contributed by atoms with Crippen molar-refractivity contribution in [1.82, 2.24) is 5.32 Å². The van der Waals surface area contributed by atoms with E-state index in [9.17, 15) is 14.0 Å². The van der Waals surface area contributed by atoms with Crippen LogP contribution in [0.25, 0.3) is 0 Å². The van der Waals surface area contributed by atoms with Gasteiger partial charge in [0, 0.05) is 17.7 Å². The van der Waals surface area contributed by atoms with Gasteiger partial charge in [0.25, 0.3) is 5.91 Å². The normalized spacial score (nSPS) is 9.50. The highest BCUT2D eigenvalue weighted by atomic mass is 19.1. The number of aldehydes is 1. The Labute approximate surface area is 80.9 Å². The molecule has 1 amide bonds. The minimum Gasteiger partial charge on any atom is -0.349 e. The predicted molar refractivity (Wildman–Crippen MR) is 50.1 cm³/mol. The lowest BCUT2D eigenvalue weighted by atomic mass is 10.1. The number of halogens is 1. The Morgan fingerprint density at radius 2 is 2.00 bits per heavy atom. The van der Waals surface area contributed by atoms with Crippen LogP contribution in [0, 0.1) is 0 Å². The van der Waals surface area contributed by atoms with Crippen LogP contribution in [0.2, 0.25) is 0 Å². The van der Waals surface area contributed by atoms with Crippen molar-refractivity contribution in [3.8, 4) is 0 Å². The Bertz CT molecular complexity index is 321. The summed E-state index contributed by atoms with van der Waals surface area (Å²) in [4.78, 5) is 21.5. The van der Waals surface area contributed by atoms with E-state index in [4.69, 9.17) is 0 Å².